The van der Waals surface area contributed by atoms with Crippen molar-refractivity contribution in [3.8, 4) is 76.7 Å². The number of rotatable bonds is 29. The Morgan fingerprint density at radius 2 is 0.757 bits per heavy atom. The number of aromatic amines is 2. The summed E-state index contributed by atoms with van der Waals surface area (Å²) in [5.41, 5.74) is 8.57. The van der Waals surface area contributed by atoms with E-state index >= 15 is 0 Å². The van der Waals surface area contributed by atoms with Crippen molar-refractivity contribution in [3.63, 3.8) is 0 Å². The predicted molar refractivity (Wildman–Crippen MR) is 307 cm³/mol. The molecule has 0 saturated heterocycles. The van der Waals surface area contributed by atoms with Crippen molar-refractivity contribution in [3.05, 3.63) is 118 Å². The second-order valence-electron chi connectivity index (χ2n) is 19.5. The molecule has 0 amide bonds. The molecule has 16 heteroatoms. The summed E-state index contributed by atoms with van der Waals surface area (Å²) < 4.78 is 45.8. The zero-order chi connectivity index (χ0) is 52.5. The van der Waals surface area contributed by atoms with Crippen LogP contribution >= 0.6 is 54.5 Å². The molecule has 0 atom stereocenters. The summed E-state index contributed by atoms with van der Waals surface area (Å²) in [5.74, 6) is 1.42. The van der Waals surface area contributed by atoms with Crippen LogP contribution in [0.3, 0.4) is 0 Å². The highest BCUT2D eigenvalue weighted by atomic mass is 79.9. The highest BCUT2D eigenvalue weighted by Crippen LogP contribution is 2.44. The Hall–Kier alpha value is -4.46. The molecule has 3 aromatic carbocycles. The summed E-state index contributed by atoms with van der Waals surface area (Å²) in [5, 5.41) is 21.5. The summed E-state index contributed by atoms with van der Waals surface area (Å²) >= 11 is 10.0. The number of hydrogen-bond donors (Lipinski definition) is 4. The molecule has 74 heavy (non-hydrogen) atoms. The van der Waals surface area contributed by atoms with Gasteiger partial charge in [-0.1, -0.05) is 97.7 Å². The van der Waals surface area contributed by atoms with Gasteiger partial charge in [0.05, 0.1) is 113 Å². The molecule has 396 valence electrons. The Labute approximate surface area is 460 Å². The highest BCUT2D eigenvalue weighted by Gasteiger charge is 2.27. The fraction of sp³-hybridized carbons (Fsp3) is 0.414. The maximum Gasteiger partial charge on any atom is 0.119 e. The minimum absolute atomic E-state index is 0.0366. The van der Waals surface area contributed by atoms with E-state index in [1.165, 1.54) is 10.4 Å². The van der Waals surface area contributed by atoms with Crippen molar-refractivity contribution < 1.29 is 37.9 Å². The van der Waals surface area contributed by atoms with Crippen LogP contribution in [-0.2, 0) is 39.3 Å². The topological polar surface area (TPSA) is 153 Å². The molecule has 2 aromatic heterocycles. The summed E-state index contributed by atoms with van der Waals surface area (Å²) in [6.45, 7) is 20.3. The van der Waals surface area contributed by atoms with E-state index in [1.54, 1.807) is 22.7 Å². The van der Waals surface area contributed by atoms with E-state index in [4.69, 9.17) is 37.9 Å². The van der Waals surface area contributed by atoms with E-state index in [9.17, 15) is 10.8 Å². The van der Waals surface area contributed by atoms with Crippen molar-refractivity contribution >= 4 is 54.5 Å². The van der Waals surface area contributed by atoms with Crippen LogP contribution in [-0.4, -0.2) is 113 Å². The maximum absolute atomic E-state index is 9.80. The van der Waals surface area contributed by atoms with Crippen molar-refractivity contribution in [2.45, 2.75) is 52.4 Å². The van der Waals surface area contributed by atoms with Crippen LogP contribution in [0, 0.1) is 10.8 Å². The third kappa shape index (κ3) is 15.8. The second-order valence-corrected chi connectivity index (χ2v) is 23.2. The van der Waals surface area contributed by atoms with Crippen LogP contribution in [0.15, 0.2) is 97.1 Å². The number of aromatic nitrogens is 2. The Balaban J connectivity index is 1.22. The van der Waals surface area contributed by atoms with Gasteiger partial charge in [0.1, 0.15) is 24.7 Å². The zero-order valence-electron chi connectivity index (χ0n) is 43.4. The van der Waals surface area contributed by atoms with Crippen molar-refractivity contribution in [1.29, 1.82) is 10.8 Å². The molecule has 0 unspecified atom stereocenters. The molecular formula is C58H70Br2N4O8S2. The van der Waals surface area contributed by atoms with Crippen LogP contribution in [0.1, 0.15) is 52.0 Å². The number of ether oxygens (including phenoxy) is 8. The lowest BCUT2D eigenvalue weighted by Gasteiger charge is -2.22. The summed E-state index contributed by atoms with van der Waals surface area (Å²) in [7, 11) is 0. The molecule has 4 N–H and O–H groups in total. The lowest BCUT2D eigenvalue weighted by Crippen LogP contribution is -2.30. The fourth-order valence-corrected chi connectivity index (χ4v) is 10.7. The molecule has 0 saturated carbocycles. The number of H-pyrrole nitrogens is 2. The van der Waals surface area contributed by atoms with Crippen LogP contribution in [0.2, 0.25) is 0 Å². The van der Waals surface area contributed by atoms with E-state index < -0.39 is 0 Å². The number of alkyl halides is 2. The van der Waals surface area contributed by atoms with E-state index in [-0.39, 0.29) is 21.5 Å². The van der Waals surface area contributed by atoms with Gasteiger partial charge < -0.3 is 47.9 Å². The van der Waals surface area contributed by atoms with E-state index in [0.29, 0.717) is 115 Å². The van der Waals surface area contributed by atoms with Crippen LogP contribution in [0.4, 0.5) is 0 Å². The second kappa shape index (κ2) is 28.1. The summed E-state index contributed by atoms with van der Waals surface area (Å²) in [6, 6.07) is 33.2. The monoisotopic (exact) mass is 1170 g/mol. The minimum Gasteiger partial charge on any atom is -0.491 e. The number of thiophene rings is 2. The Kier molecular flexibility index (Phi) is 21.7. The first kappa shape index (κ1) is 57.2. The smallest absolute Gasteiger partial charge is 0.119 e. The SMILES string of the molecule is CC(C)(C)c1ccc(-c2ccc(-c3c4[nH]c(-c5ccc(OCCOCCOCCOCCBr)cc5)c(-c5ccc(OCCOCCOCCOCCBr)cc5)[nH]c-4c(-c4ccc(C(C)(C)C)s4)c(=N)c3=N)s2)cc1. The first-order valence-electron chi connectivity index (χ1n) is 25.1. The third-order valence-electron chi connectivity index (χ3n) is 11.9. The van der Waals surface area contributed by atoms with Crippen molar-refractivity contribution in [2.75, 3.05) is 103 Å². The van der Waals surface area contributed by atoms with Gasteiger partial charge in [0.15, 0.2) is 0 Å². The lowest BCUT2D eigenvalue weighted by molar-refractivity contribution is 0.0119. The quantitative estimate of drug-likeness (QED) is 0.0267. The Bertz CT molecular complexity index is 2900. The van der Waals surface area contributed by atoms with E-state index in [2.05, 4.69) is 132 Å². The average Bonchev–Trinajstić information content (AvgIpc) is 4.10. The number of fused-ring (bicyclic) bond motifs is 1. The first-order chi connectivity index (χ1) is 35.8. The standard InChI is InChI=1S/C58H70Br2N4O8S2/c1-57(2,3)42-13-7-39(8-14-42)45-19-20-46(73-45)49-51(61)52(62)50(47-21-22-48(74-47)58(4,5)6)56-55(49)63-53(40-9-15-43(16-10-40)71-37-35-69-33-31-67-29-27-65-25-23-59)54(64-56)41-11-17-44(18-12-41)72-38-36-70-34-32-68-30-28-66-26-24-60/h7-22,61-64H,23-38H2,1-6H3. The molecule has 0 radical (unpaired) electrons. The lowest BCUT2D eigenvalue weighted by atomic mass is 9.86. The van der Waals surface area contributed by atoms with Gasteiger partial charge in [-0.2, -0.15) is 0 Å². The molecule has 2 aliphatic rings. The number of benzene rings is 4. The maximum atomic E-state index is 9.80. The zero-order valence-corrected chi connectivity index (χ0v) is 48.2. The predicted octanol–water partition coefficient (Wildman–Crippen LogP) is 13.1. The average molecular weight is 1180 g/mol. The molecule has 1 aliphatic heterocycles. The molecule has 0 bridgehead atoms. The number of halogens is 2. The van der Waals surface area contributed by atoms with Gasteiger partial charge >= 0.3 is 0 Å². The molecular weight excluding hydrogens is 1100 g/mol. The molecule has 1 aliphatic carbocycles. The summed E-state index contributed by atoms with van der Waals surface area (Å²) in [4.78, 5) is 11.9. The highest BCUT2D eigenvalue weighted by molar-refractivity contribution is 9.09. The molecule has 3 heterocycles. The third-order valence-corrected chi connectivity index (χ3v) is 15.3. The number of hydrogen-bond acceptors (Lipinski definition) is 12. The van der Waals surface area contributed by atoms with Crippen LogP contribution in [0.5, 0.6) is 11.5 Å². The largest absolute Gasteiger partial charge is 0.491 e. The van der Waals surface area contributed by atoms with Gasteiger partial charge in [0.25, 0.3) is 0 Å². The van der Waals surface area contributed by atoms with Crippen LogP contribution < -0.4 is 20.2 Å². The van der Waals surface area contributed by atoms with Gasteiger partial charge in [0.2, 0.25) is 0 Å². The van der Waals surface area contributed by atoms with Crippen molar-refractivity contribution in [2.24, 2.45) is 0 Å². The molecule has 0 spiro atoms. The van der Waals surface area contributed by atoms with Gasteiger partial charge in [-0.05, 0) is 94.8 Å². The molecule has 0 fully saturated rings. The Morgan fingerprint density at radius 1 is 0.392 bits per heavy atom. The van der Waals surface area contributed by atoms with Gasteiger partial charge in [0, 0.05) is 52.4 Å². The van der Waals surface area contributed by atoms with Gasteiger partial charge in [-0.25, -0.2) is 0 Å². The molecule has 12 nitrogen and oxygen atoms in total. The number of nitrogens with one attached hydrogen (secondary N) is 4. The normalized spacial score (nSPS) is 12.0. The first-order valence-corrected chi connectivity index (χ1v) is 29.0. The van der Waals surface area contributed by atoms with Gasteiger partial charge in [-0.15, -0.1) is 22.7 Å². The van der Waals surface area contributed by atoms with E-state index in [0.717, 1.165) is 64.8 Å². The van der Waals surface area contributed by atoms with Gasteiger partial charge in [-0.3, -0.25) is 10.8 Å². The molecule has 7 rings (SSSR count). The summed E-state index contributed by atoms with van der Waals surface area (Å²) in [6.07, 6.45) is 0. The minimum atomic E-state index is -0.0933. The van der Waals surface area contributed by atoms with Crippen molar-refractivity contribution in [1.82, 2.24) is 9.97 Å². The Morgan fingerprint density at radius 3 is 1.15 bits per heavy atom. The van der Waals surface area contributed by atoms with Crippen LogP contribution in [0.25, 0.3) is 65.2 Å². The van der Waals surface area contributed by atoms with E-state index in [1.807, 2.05) is 48.5 Å². The molecule has 5 aromatic rings. The fourth-order valence-electron chi connectivity index (χ4n) is 8.00.